The van der Waals surface area contributed by atoms with Gasteiger partial charge in [-0.25, -0.2) is 0 Å². The molecule has 0 radical (unpaired) electrons. The zero-order chi connectivity index (χ0) is 11.9. The fourth-order valence-electron chi connectivity index (χ4n) is 1.44. The van der Waals surface area contributed by atoms with Crippen molar-refractivity contribution in [3.05, 3.63) is 40.4 Å². The Morgan fingerprint density at radius 1 is 1.06 bits per heavy atom. The Bertz CT molecular complexity index is 665. The molecule has 0 heterocycles. The van der Waals surface area contributed by atoms with Crippen LogP contribution in [0, 0.1) is 0 Å². The summed E-state index contributed by atoms with van der Waals surface area (Å²) in [7, 11) is -4.36. The first-order chi connectivity index (χ1) is 7.41. The van der Waals surface area contributed by atoms with Crippen molar-refractivity contribution >= 4 is 44.1 Å². The Kier molecular flexibility index (Phi) is 2.84. The number of rotatable bonds is 1. The van der Waals surface area contributed by atoms with Crippen LogP contribution in [-0.4, -0.2) is 13.0 Å². The van der Waals surface area contributed by atoms with Gasteiger partial charge in [-0.3, -0.25) is 4.55 Å². The summed E-state index contributed by atoms with van der Waals surface area (Å²) in [6, 6.07) is 8.19. The second kappa shape index (κ2) is 3.89. The van der Waals surface area contributed by atoms with E-state index in [4.69, 9.17) is 27.8 Å². The van der Waals surface area contributed by atoms with Crippen molar-refractivity contribution in [2.24, 2.45) is 0 Å². The SMILES string of the molecule is O=S(=O)(O)c1cc2ccccc2c(Cl)c1Cl. The first-order valence-electron chi connectivity index (χ1n) is 4.25. The second-order valence-corrected chi connectivity index (χ2v) is 5.34. The van der Waals surface area contributed by atoms with Crippen molar-refractivity contribution in [1.29, 1.82) is 0 Å². The first kappa shape index (κ1) is 11.7. The van der Waals surface area contributed by atoms with E-state index in [0.29, 0.717) is 10.8 Å². The van der Waals surface area contributed by atoms with E-state index in [1.54, 1.807) is 24.3 Å². The van der Waals surface area contributed by atoms with Gasteiger partial charge in [0.25, 0.3) is 10.1 Å². The third-order valence-corrected chi connectivity index (χ3v) is 4.04. The summed E-state index contributed by atoms with van der Waals surface area (Å²) in [5.74, 6) is 0. The Labute approximate surface area is 102 Å². The van der Waals surface area contributed by atoms with Crippen molar-refractivity contribution in [3.8, 4) is 0 Å². The Morgan fingerprint density at radius 3 is 2.31 bits per heavy atom. The van der Waals surface area contributed by atoms with Crippen molar-refractivity contribution in [2.45, 2.75) is 4.90 Å². The van der Waals surface area contributed by atoms with Crippen LogP contribution in [-0.2, 0) is 10.1 Å². The summed E-state index contributed by atoms with van der Waals surface area (Å²) in [6.45, 7) is 0. The van der Waals surface area contributed by atoms with E-state index in [0.717, 1.165) is 0 Å². The highest BCUT2D eigenvalue weighted by molar-refractivity contribution is 7.86. The minimum atomic E-state index is -4.36. The van der Waals surface area contributed by atoms with Crippen LogP contribution < -0.4 is 0 Å². The largest absolute Gasteiger partial charge is 0.296 e. The Hall–Kier alpha value is -0.810. The normalized spacial score (nSPS) is 11.9. The lowest BCUT2D eigenvalue weighted by Gasteiger charge is -2.06. The summed E-state index contributed by atoms with van der Waals surface area (Å²) in [5, 5.41) is 1.20. The van der Waals surface area contributed by atoms with Crippen molar-refractivity contribution < 1.29 is 13.0 Å². The topological polar surface area (TPSA) is 54.4 Å². The highest BCUT2D eigenvalue weighted by Gasteiger charge is 2.19. The Balaban J connectivity index is 2.95. The fraction of sp³-hybridized carbons (Fsp3) is 0. The van der Waals surface area contributed by atoms with Gasteiger partial charge in [-0.2, -0.15) is 8.42 Å². The van der Waals surface area contributed by atoms with Crippen molar-refractivity contribution in [1.82, 2.24) is 0 Å². The first-order valence-corrected chi connectivity index (χ1v) is 6.45. The van der Waals surface area contributed by atoms with Crippen molar-refractivity contribution in [2.75, 3.05) is 0 Å². The minimum Gasteiger partial charge on any atom is -0.282 e. The van der Waals surface area contributed by atoms with Crippen LogP contribution in [0.2, 0.25) is 10.0 Å². The summed E-state index contributed by atoms with van der Waals surface area (Å²) < 4.78 is 31.1. The standard InChI is InChI=1S/C10H6Cl2O3S/c11-9-7-4-2-1-3-6(7)5-8(10(9)12)16(13,14)15/h1-5H,(H,13,14,15). The van der Waals surface area contributed by atoms with Gasteiger partial charge in [0.1, 0.15) is 4.90 Å². The average Bonchev–Trinajstić information content (AvgIpc) is 2.22. The number of halogens is 2. The molecule has 0 aromatic heterocycles. The highest BCUT2D eigenvalue weighted by Crippen LogP contribution is 2.36. The molecule has 0 aliphatic carbocycles. The quantitative estimate of drug-likeness (QED) is 0.813. The van der Waals surface area contributed by atoms with Crippen LogP contribution in [0.15, 0.2) is 35.2 Å². The molecule has 0 aliphatic rings. The number of hydrogen-bond acceptors (Lipinski definition) is 2. The molecule has 2 aromatic rings. The molecule has 2 aromatic carbocycles. The molecule has 0 aliphatic heterocycles. The van der Waals surface area contributed by atoms with Crippen LogP contribution in [0.5, 0.6) is 0 Å². The van der Waals surface area contributed by atoms with Crippen molar-refractivity contribution in [3.63, 3.8) is 0 Å². The van der Waals surface area contributed by atoms with E-state index in [1.807, 2.05) is 0 Å². The lowest BCUT2D eigenvalue weighted by Crippen LogP contribution is -1.99. The maximum Gasteiger partial charge on any atom is 0.296 e. The maximum absolute atomic E-state index is 11.1. The summed E-state index contributed by atoms with van der Waals surface area (Å²) in [4.78, 5) is -0.377. The molecule has 6 heteroatoms. The van der Waals surface area contributed by atoms with Gasteiger partial charge in [0.15, 0.2) is 0 Å². The lowest BCUT2D eigenvalue weighted by atomic mass is 10.1. The van der Waals surface area contributed by atoms with Crippen LogP contribution in [0.3, 0.4) is 0 Å². The van der Waals surface area contributed by atoms with E-state index in [1.165, 1.54) is 6.07 Å². The molecule has 0 fully saturated rings. The van der Waals surface area contributed by atoms with Crippen LogP contribution in [0.4, 0.5) is 0 Å². The van der Waals surface area contributed by atoms with Crippen LogP contribution in [0.1, 0.15) is 0 Å². The molecule has 84 valence electrons. The molecule has 0 saturated heterocycles. The van der Waals surface area contributed by atoms with Gasteiger partial charge in [0.05, 0.1) is 10.0 Å². The molecule has 0 unspecified atom stereocenters. The molecule has 0 saturated carbocycles. The summed E-state index contributed by atoms with van der Waals surface area (Å²) >= 11 is 11.7. The second-order valence-electron chi connectivity index (χ2n) is 3.20. The van der Waals surface area contributed by atoms with E-state index < -0.39 is 10.1 Å². The lowest BCUT2D eigenvalue weighted by molar-refractivity contribution is 0.483. The van der Waals surface area contributed by atoms with Crippen LogP contribution in [0.25, 0.3) is 10.8 Å². The predicted octanol–water partition coefficient (Wildman–Crippen LogP) is 3.39. The van der Waals surface area contributed by atoms with E-state index >= 15 is 0 Å². The van der Waals surface area contributed by atoms with E-state index in [2.05, 4.69) is 0 Å². The minimum absolute atomic E-state index is 0.118. The van der Waals surface area contributed by atoms with Gasteiger partial charge in [-0.15, -0.1) is 0 Å². The van der Waals surface area contributed by atoms with E-state index in [9.17, 15) is 8.42 Å². The molecule has 3 nitrogen and oxygen atoms in total. The third kappa shape index (κ3) is 1.89. The molecule has 0 spiro atoms. The molecular weight excluding hydrogens is 271 g/mol. The maximum atomic E-state index is 11.1. The third-order valence-electron chi connectivity index (χ3n) is 2.17. The smallest absolute Gasteiger partial charge is 0.282 e. The molecule has 0 amide bonds. The summed E-state index contributed by atoms with van der Waals surface area (Å²) in [5.41, 5.74) is 0. The molecule has 2 rings (SSSR count). The zero-order valence-corrected chi connectivity index (χ0v) is 10.1. The fourth-order valence-corrected chi connectivity index (χ4v) is 2.82. The van der Waals surface area contributed by atoms with E-state index in [-0.39, 0.29) is 14.9 Å². The highest BCUT2D eigenvalue weighted by atomic mass is 35.5. The zero-order valence-electron chi connectivity index (χ0n) is 7.81. The van der Waals surface area contributed by atoms with Gasteiger partial charge < -0.3 is 0 Å². The van der Waals surface area contributed by atoms with Gasteiger partial charge in [0, 0.05) is 5.39 Å². The van der Waals surface area contributed by atoms with Gasteiger partial charge in [-0.1, -0.05) is 47.5 Å². The number of fused-ring (bicyclic) bond motifs is 1. The van der Waals surface area contributed by atoms with Gasteiger partial charge in [-0.05, 0) is 11.5 Å². The Morgan fingerprint density at radius 2 is 1.69 bits per heavy atom. The van der Waals surface area contributed by atoms with Gasteiger partial charge in [0.2, 0.25) is 0 Å². The number of benzene rings is 2. The average molecular weight is 277 g/mol. The molecule has 0 atom stereocenters. The van der Waals surface area contributed by atoms with Gasteiger partial charge >= 0.3 is 0 Å². The molecule has 1 N–H and O–H groups in total. The number of hydrogen-bond donors (Lipinski definition) is 1. The predicted molar refractivity (Wildman–Crippen MR) is 63.8 cm³/mol. The monoisotopic (exact) mass is 276 g/mol. The molecule has 16 heavy (non-hydrogen) atoms. The molecule has 0 bridgehead atoms. The van der Waals surface area contributed by atoms with Crippen LogP contribution >= 0.6 is 23.2 Å². The summed E-state index contributed by atoms with van der Waals surface area (Å²) in [6.07, 6.45) is 0. The molecular formula is C10H6Cl2O3S.